The molecule has 1 atom stereocenters. The van der Waals surface area contributed by atoms with Crippen LogP contribution < -0.4 is 10.1 Å². The number of carbonyl (C=O) groups is 2. The summed E-state index contributed by atoms with van der Waals surface area (Å²) in [5.74, 6) is 0.382. The van der Waals surface area contributed by atoms with Crippen LogP contribution in [0.4, 0.5) is 10.5 Å². The van der Waals surface area contributed by atoms with Crippen LogP contribution in [0.1, 0.15) is 54.7 Å². The van der Waals surface area contributed by atoms with Gasteiger partial charge in [-0.1, -0.05) is 37.3 Å². The largest absolute Gasteiger partial charge is 0.487 e. The van der Waals surface area contributed by atoms with Crippen LogP contribution in [0.2, 0.25) is 0 Å². The number of rotatable bonds is 5. The van der Waals surface area contributed by atoms with Gasteiger partial charge >= 0.3 is 12.1 Å². The molecule has 0 radical (unpaired) electrons. The highest BCUT2D eigenvalue weighted by Gasteiger charge is 2.19. The average Bonchev–Trinajstić information content (AvgIpc) is 2.70. The van der Waals surface area contributed by atoms with Crippen molar-refractivity contribution in [3.05, 3.63) is 64.7 Å². The zero-order chi connectivity index (χ0) is 22.6. The molecular weight excluding hydrogens is 394 g/mol. The molecule has 0 unspecified atom stereocenters. The number of hydrogen-bond donors (Lipinski definition) is 1. The second-order valence-electron chi connectivity index (χ2n) is 8.69. The first-order chi connectivity index (χ1) is 14.6. The minimum Gasteiger partial charge on any atom is -0.487 e. The summed E-state index contributed by atoms with van der Waals surface area (Å²) in [6.45, 7) is 7.85. The van der Waals surface area contributed by atoms with Gasteiger partial charge in [0.25, 0.3) is 0 Å². The molecule has 1 aliphatic rings. The summed E-state index contributed by atoms with van der Waals surface area (Å²) < 4.78 is 16.1. The van der Waals surface area contributed by atoms with Gasteiger partial charge in [-0.3, -0.25) is 5.32 Å². The number of carbonyl (C=O) groups excluding carboxylic acids is 2. The van der Waals surface area contributed by atoms with E-state index in [9.17, 15) is 9.59 Å². The topological polar surface area (TPSA) is 73.9 Å². The standard InChI is InChI=1S/C25H29NO5/c1-16-6-8-18-9-7-17(13-20(18)12-16)15-30-22-14-19(23(27)29-5)10-11-21(22)26-24(28)31-25(2,3)4/h6-11,13-14,16H,12,15H2,1-5H3,(H,26,28)/t16-/m1/s1. The van der Waals surface area contributed by atoms with E-state index in [1.807, 2.05) is 6.07 Å². The number of esters is 1. The fraction of sp³-hybridized carbons (Fsp3) is 0.360. The molecule has 0 spiro atoms. The van der Waals surface area contributed by atoms with Crippen molar-refractivity contribution in [2.24, 2.45) is 5.92 Å². The first kappa shape index (κ1) is 22.4. The Balaban J connectivity index is 1.80. The first-order valence-corrected chi connectivity index (χ1v) is 10.3. The van der Waals surface area contributed by atoms with Gasteiger partial charge in [-0.25, -0.2) is 9.59 Å². The van der Waals surface area contributed by atoms with Crippen molar-refractivity contribution in [3.63, 3.8) is 0 Å². The van der Waals surface area contributed by atoms with Crippen LogP contribution in [0.25, 0.3) is 6.08 Å². The van der Waals surface area contributed by atoms with E-state index < -0.39 is 17.7 Å². The van der Waals surface area contributed by atoms with Gasteiger partial charge in [0.15, 0.2) is 0 Å². The number of methoxy groups -OCH3 is 1. The summed E-state index contributed by atoms with van der Waals surface area (Å²) in [6.07, 6.45) is 4.75. The number of amides is 1. The normalized spacial score (nSPS) is 15.1. The molecule has 0 aliphatic heterocycles. The van der Waals surface area contributed by atoms with Crippen LogP contribution >= 0.6 is 0 Å². The van der Waals surface area contributed by atoms with E-state index in [2.05, 4.69) is 36.5 Å². The number of allylic oxidation sites excluding steroid dienone is 1. The second-order valence-corrected chi connectivity index (χ2v) is 8.69. The van der Waals surface area contributed by atoms with Crippen molar-refractivity contribution in [1.82, 2.24) is 0 Å². The second kappa shape index (κ2) is 9.25. The van der Waals surface area contributed by atoms with E-state index in [1.54, 1.807) is 39.0 Å². The fourth-order valence-corrected chi connectivity index (χ4v) is 3.34. The average molecular weight is 424 g/mol. The molecule has 0 bridgehead atoms. The SMILES string of the molecule is COC(=O)c1ccc(NC(=O)OC(C)(C)C)c(OCc2ccc3c(c2)C[C@H](C)C=C3)c1. The molecule has 3 rings (SSSR count). The first-order valence-electron chi connectivity index (χ1n) is 10.3. The van der Waals surface area contributed by atoms with Gasteiger partial charge in [-0.15, -0.1) is 0 Å². The molecule has 2 aromatic rings. The van der Waals surface area contributed by atoms with Gasteiger partial charge in [0.1, 0.15) is 18.0 Å². The maximum Gasteiger partial charge on any atom is 0.412 e. The van der Waals surface area contributed by atoms with E-state index >= 15 is 0 Å². The van der Waals surface area contributed by atoms with Crippen LogP contribution in [-0.4, -0.2) is 24.8 Å². The Labute approximate surface area is 183 Å². The Kier molecular flexibility index (Phi) is 6.68. The van der Waals surface area contributed by atoms with Crippen molar-refractivity contribution < 1.29 is 23.8 Å². The molecule has 0 aromatic heterocycles. The summed E-state index contributed by atoms with van der Waals surface area (Å²) >= 11 is 0. The lowest BCUT2D eigenvalue weighted by molar-refractivity contribution is 0.0598. The third kappa shape index (κ3) is 6.10. The monoisotopic (exact) mass is 423 g/mol. The lowest BCUT2D eigenvalue weighted by Gasteiger charge is -2.21. The Morgan fingerprint density at radius 3 is 2.61 bits per heavy atom. The van der Waals surface area contributed by atoms with E-state index in [4.69, 9.17) is 14.2 Å². The molecule has 1 amide bonds. The molecule has 6 nitrogen and oxygen atoms in total. The minimum absolute atomic E-state index is 0.291. The van der Waals surface area contributed by atoms with Gasteiger partial charge in [0.2, 0.25) is 0 Å². The van der Waals surface area contributed by atoms with E-state index in [1.165, 1.54) is 18.2 Å². The quantitative estimate of drug-likeness (QED) is 0.633. The van der Waals surface area contributed by atoms with Gasteiger partial charge in [0, 0.05) is 0 Å². The Hall–Kier alpha value is -3.28. The molecule has 1 aliphatic carbocycles. The summed E-state index contributed by atoms with van der Waals surface area (Å²) in [5.41, 5.74) is 3.63. The maximum absolute atomic E-state index is 12.2. The number of benzene rings is 2. The Morgan fingerprint density at radius 1 is 1.13 bits per heavy atom. The molecule has 6 heteroatoms. The predicted octanol–water partition coefficient (Wildman–Crippen LogP) is 5.60. The number of ether oxygens (including phenoxy) is 3. The van der Waals surface area contributed by atoms with E-state index in [0.29, 0.717) is 29.5 Å². The van der Waals surface area contributed by atoms with Crippen LogP contribution in [0.3, 0.4) is 0 Å². The molecule has 31 heavy (non-hydrogen) atoms. The van der Waals surface area contributed by atoms with Gasteiger partial charge in [-0.2, -0.15) is 0 Å². The van der Waals surface area contributed by atoms with Crippen molar-refractivity contribution in [2.45, 2.75) is 46.3 Å². The Bertz CT molecular complexity index is 1000. The third-order valence-corrected chi connectivity index (χ3v) is 4.79. The maximum atomic E-state index is 12.2. The zero-order valence-corrected chi connectivity index (χ0v) is 18.7. The minimum atomic E-state index is -0.633. The molecule has 0 saturated carbocycles. The summed E-state index contributed by atoms with van der Waals surface area (Å²) in [7, 11) is 1.32. The lowest BCUT2D eigenvalue weighted by atomic mass is 9.90. The van der Waals surface area contributed by atoms with Crippen molar-refractivity contribution in [3.8, 4) is 5.75 Å². The Morgan fingerprint density at radius 2 is 1.90 bits per heavy atom. The van der Waals surface area contributed by atoms with E-state index in [-0.39, 0.29) is 0 Å². The highest BCUT2D eigenvalue weighted by molar-refractivity contribution is 5.93. The highest BCUT2D eigenvalue weighted by atomic mass is 16.6. The molecule has 164 valence electrons. The smallest absolute Gasteiger partial charge is 0.412 e. The molecule has 1 N–H and O–H groups in total. The van der Waals surface area contributed by atoms with Crippen LogP contribution in [0.5, 0.6) is 5.75 Å². The van der Waals surface area contributed by atoms with Crippen LogP contribution in [0, 0.1) is 5.92 Å². The molecule has 0 heterocycles. The lowest BCUT2D eigenvalue weighted by Crippen LogP contribution is -2.27. The summed E-state index contributed by atoms with van der Waals surface area (Å²) in [4.78, 5) is 24.2. The van der Waals surface area contributed by atoms with Gasteiger partial charge < -0.3 is 14.2 Å². The van der Waals surface area contributed by atoms with Crippen molar-refractivity contribution >= 4 is 23.8 Å². The number of fused-ring (bicyclic) bond motifs is 1. The number of nitrogens with one attached hydrogen (secondary N) is 1. The molecular formula is C25H29NO5. The van der Waals surface area contributed by atoms with Crippen molar-refractivity contribution in [1.29, 1.82) is 0 Å². The van der Waals surface area contributed by atoms with Crippen molar-refractivity contribution in [2.75, 3.05) is 12.4 Å². The molecule has 0 saturated heterocycles. The number of anilines is 1. The fourth-order valence-electron chi connectivity index (χ4n) is 3.34. The van der Waals surface area contributed by atoms with Crippen LogP contribution in [0.15, 0.2) is 42.5 Å². The van der Waals surface area contributed by atoms with Gasteiger partial charge in [-0.05, 0) is 68.0 Å². The highest BCUT2D eigenvalue weighted by Crippen LogP contribution is 2.29. The molecule has 2 aromatic carbocycles. The van der Waals surface area contributed by atoms with E-state index in [0.717, 1.165) is 12.0 Å². The van der Waals surface area contributed by atoms with Crippen LogP contribution in [-0.2, 0) is 22.5 Å². The summed E-state index contributed by atoms with van der Waals surface area (Å²) in [6, 6.07) is 11.0. The van der Waals surface area contributed by atoms with Gasteiger partial charge in [0.05, 0.1) is 18.4 Å². The predicted molar refractivity (Wildman–Crippen MR) is 120 cm³/mol. The zero-order valence-electron chi connectivity index (χ0n) is 18.7. The molecule has 0 fully saturated rings. The third-order valence-electron chi connectivity index (χ3n) is 4.79. The summed E-state index contributed by atoms with van der Waals surface area (Å²) in [5, 5.41) is 2.70. The number of hydrogen-bond acceptors (Lipinski definition) is 5.